The molecule has 1 amide bonds. The van der Waals surface area contributed by atoms with Crippen molar-refractivity contribution in [3.8, 4) is 5.75 Å². The van der Waals surface area contributed by atoms with Crippen LogP contribution in [0.5, 0.6) is 5.75 Å². The van der Waals surface area contributed by atoms with E-state index in [1.54, 1.807) is 35.2 Å². The van der Waals surface area contributed by atoms with E-state index in [0.29, 0.717) is 33.1 Å². The number of amides is 1. The van der Waals surface area contributed by atoms with E-state index in [1.165, 1.54) is 30.0 Å². The SMILES string of the molecule is CCCN1C(=O)/C(=C\c2ccccc2OC(C)C(=O)O)S/C1=N/c1nnc(CC)s1. The summed E-state index contributed by atoms with van der Waals surface area (Å²) in [6.45, 7) is 5.99. The van der Waals surface area contributed by atoms with Crippen molar-refractivity contribution in [2.75, 3.05) is 6.54 Å². The molecule has 0 radical (unpaired) electrons. The van der Waals surface area contributed by atoms with Crippen LogP contribution in [0.25, 0.3) is 6.08 Å². The van der Waals surface area contributed by atoms with Crippen molar-refractivity contribution >= 4 is 51.4 Å². The normalized spacial score (nSPS) is 17.7. The van der Waals surface area contributed by atoms with Crippen molar-refractivity contribution < 1.29 is 19.4 Å². The van der Waals surface area contributed by atoms with E-state index < -0.39 is 12.1 Å². The van der Waals surface area contributed by atoms with E-state index in [4.69, 9.17) is 9.84 Å². The molecule has 1 N–H and O–H groups in total. The number of hydrogen-bond acceptors (Lipinski definition) is 8. The van der Waals surface area contributed by atoms with E-state index in [0.717, 1.165) is 17.8 Å². The summed E-state index contributed by atoms with van der Waals surface area (Å²) in [5.74, 6) is -0.810. The highest BCUT2D eigenvalue weighted by Crippen LogP contribution is 2.36. The first-order valence-corrected chi connectivity index (χ1v) is 11.2. The zero-order valence-electron chi connectivity index (χ0n) is 16.9. The fourth-order valence-electron chi connectivity index (χ4n) is 2.62. The van der Waals surface area contributed by atoms with Gasteiger partial charge in [-0.2, -0.15) is 4.99 Å². The summed E-state index contributed by atoms with van der Waals surface area (Å²) >= 11 is 2.66. The number of aliphatic imine (C=N–C) groups is 1. The molecule has 8 nitrogen and oxygen atoms in total. The van der Waals surface area contributed by atoms with Crippen LogP contribution in [0.4, 0.5) is 5.13 Å². The lowest BCUT2D eigenvalue weighted by molar-refractivity contribution is -0.144. The van der Waals surface area contributed by atoms with E-state index in [2.05, 4.69) is 15.2 Å². The van der Waals surface area contributed by atoms with E-state index in [-0.39, 0.29) is 5.91 Å². The third-order valence-corrected chi connectivity index (χ3v) is 6.11. The lowest BCUT2D eigenvalue weighted by atomic mass is 10.1. The number of carbonyl (C=O) groups excluding carboxylic acids is 1. The minimum atomic E-state index is -1.06. The van der Waals surface area contributed by atoms with Gasteiger partial charge in [-0.05, 0) is 43.7 Å². The minimum absolute atomic E-state index is 0.151. The molecule has 0 saturated carbocycles. The van der Waals surface area contributed by atoms with Crippen molar-refractivity contribution in [3.63, 3.8) is 0 Å². The summed E-state index contributed by atoms with van der Waals surface area (Å²) in [6.07, 6.45) is 2.27. The zero-order valence-corrected chi connectivity index (χ0v) is 18.5. The molecule has 1 saturated heterocycles. The smallest absolute Gasteiger partial charge is 0.344 e. The first kappa shape index (κ1) is 22.0. The Hall–Kier alpha value is -2.72. The minimum Gasteiger partial charge on any atom is -0.479 e. The van der Waals surface area contributed by atoms with Gasteiger partial charge in [0, 0.05) is 12.1 Å². The number of ether oxygens (including phenoxy) is 1. The molecule has 1 fully saturated rings. The van der Waals surface area contributed by atoms with Crippen LogP contribution in [-0.2, 0) is 16.0 Å². The van der Waals surface area contributed by atoms with Gasteiger partial charge in [0.1, 0.15) is 10.8 Å². The maximum atomic E-state index is 13.0. The number of carbonyl (C=O) groups is 2. The van der Waals surface area contributed by atoms with Gasteiger partial charge in [0.25, 0.3) is 5.91 Å². The predicted octanol–water partition coefficient (Wildman–Crippen LogP) is 3.97. The molecule has 30 heavy (non-hydrogen) atoms. The maximum Gasteiger partial charge on any atom is 0.344 e. The van der Waals surface area contributed by atoms with Crippen LogP contribution in [0.2, 0.25) is 0 Å². The fraction of sp³-hybridized carbons (Fsp3) is 0.350. The monoisotopic (exact) mass is 446 g/mol. The molecule has 1 aliphatic rings. The lowest BCUT2D eigenvalue weighted by Gasteiger charge is -2.13. The van der Waals surface area contributed by atoms with Gasteiger partial charge >= 0.3 is 5.97 Å². The number of para-hydroxylation sites is 1. The Bertz CT molecular complexity index is 1000. The van der Waals surface area contributed by atoms with Gasteiger partial charge in [-0.15, -0.1) is 10.2 Å². The number of aromatic nitrogens is 2. The van der Waals surface area contributed by atoms with Crippen LogP contribution in [-0.4, -0.2) is 49.9 Å². The molecule has 1 aliphatic heterocycles. The Labute approximate surface area is 182 Å². The van der Waals surface area contributed by atoms with E-state index in [1.807, 2.05) is 13.8 Å². The van der Waals surface area contributed by atoms with Crippen LogP contribution in [0.15, 0.2) is 34.2 Å². The molecule has 2 aromatic rings. The highest BCUT2D eigenvalue weighted by atomic mass is 32.2. The summed E-state index contributed by atoms with van der Waals surface area (Å²) in [4.78, 5) is 30.8. The number of aliphatic carboxylic acids is 1. The molecule has 0 bridgehead atoms. The number of aryl methyl sites for hydroxylation is 1. The second-order valence-electron chi connectivity index (χ2n) is 6.43. The number of rotatable bonds is 8. The summed E-state index contributed by atoms with van der Waals surface area (Å²) < 4.78 is 5.54. The van der Waals surface area contributed by atoms with Crippen molar-refractivity contribution in [2.45, 2.75) is 39.7 Å². The van der Waals surface area contributed by atoms with Crippen molar-refractivity contribution in [3.05, 3.63) is 39.7 Å². The molecule has 1 aromatic carbocycles. The largest absolute Gasteiger partial charge is 0.479 e. The summed E-state index contributed by atoms with van der Waals surface area (Å²) in [5.41, 5.74) is 0.628. The molecule has 0 spiro atoms. The summed E-state index contributed by atoms with van der Waals surface area (Å²) in [6, 6.07) is 7.03. The Kier molecular flexibility index (Phi) is 7.22. The lowest BCUT2D eigenvalue weighted by Crippen LogP contribution is -2.29. The molecule has 1 atom stereocenters. The maximum absolute atomic E-state index is 13.0. The third-order valence-electron chi connectivity index (χ3n) is 4.14. The number of carboxylic acids is 1. The van der Waals surface area contributed by atoms with Crippen LogP contribution in [0.3, 0.4) is 0 Å². The number of carboxylic acid groups (broad SMARTS) is 1. The molecule has 2 heterocycles. The number of benzene rings is 1. The number of nitrogens with zero attached hydrogens (tertiary/aromatic N) is 4. The second kappa shape index (κ2) is 9.86. The quantitative estimate of drug-likeness (QED) is 0.612. The number of amidine groups is 1. The third kappa shape index (κ3) is 5.06. The molecule has 1 aromatic heterocycles. The van der Waals surface area contributed by atoms with Crippen molar-refractivity contribution in [1.82, 2.24) is 15.1 Å². The molecular formula is C20H22N4O4S2. The molecule has 10 heteroatoms. The van der Waals surface area contributed by atoms with Crippen LogP contribution >= 0.6 is 23.1 Å². The van der Waals surface area contributed by atoms with Crippen LogP contribution in [0.1, 0.15) is 37.8 Å². The molecule has 3 rings (SSSR count). The van der Waals surface area contributed by atoms with Gasteiger partial charge in [-0.1, -0.05) is 43.4 Å². The van der Waals surface area contributed by atoms with Gasteiger partial charge < -0.3 is 9.84 Å². The van der Waals surface area contributed by atoms with Gasteiger partial charge in [-0.3, -0.25) is 9.69 Å². The molecule has 158 valence electrons. The highest BCUT2D eigenvalue weighted by Gasteiger charge is 2.33. The van der Waals surface area contributed by atoms with Crippen LogP contribution in [0, 0.1) is 0 Å². The average molecular weight is 447 g/mol. The topological polar surface area (TPSA) is 105 Å². The fourth-order valence-corrected chi connectivity index (χ4v) is 4.32. The van der Waals surface area contributed by atoms with Crippen molar-refractivity contribution in [1.29, 1.82) is 0 Å². The van der Waals surface area contributed by atoms with E-state index in [9.17, 15) is 9.59 Å². The first-order chi connectivity index (χ1) is 14.4. The van der Waals surface area contributed by atoms with Crippen LogP contribution < -0.4 is 4.74 Å². The van der Waals surface area contributed by atoms with E-state index >= 15 is 0 Å². The highest BCUT2D eigenvalue weighted by molar-refractivity contribution is 8.18. The van der Waals surface area contributed by atoms with Gasteiger partial charge in [0.05, 0.1) is 4.91 Å². The Balaban J connectivity index is 1.92. The first-order valence-electron chi connectivity index (χ1n) is 9.53. The average Bonchev–Trinajstić information content (AvgIpc) is 3.29. The molecule has 1 unspecified atom stereocenters. The Morgan fingerprint density at radius 2 is 2.10 bits per heavy atom. The summed E-state index contributed by atoms with van der Waals surface area (Å²) in [7, 11) is 0. The van der Waals surface area contributed by atoms with Gasteiger partial charge in [-0.25, -0.2) is 4.79 Å². The molecule has 0 aliphatic carbocycles. The predicted molar refractivity (Wildman–Crippen MR) is 118 cm³/mol. The second-order valence-corrected chi connectivity index (χ2v) is 8.48. The number of thioether (sulfide) groups is 1. The Morgan fingerprint density at radius 1 is 1.33 bits per heavy atom. The van der Waals surface area contributed by atoms with Gasteiger partial charge in [0.2, 0.25) is 5.13 Å². The van der Waals surface area contributed by atoms with Gasteiger partial charge in [0.15, 0.2) is 11.3 Å². The zero-order chi connectivity index (χ0) is 21.7. The Morgan fingerprint density at radius 3 is 2.77 bits per heavy atom. The van der Waals surface area contributed by atoms with Crippen molar-refractivity contribution in [2.24, 2.45) is 4.99 Å². The number of hydrogen-bond donors (Lipinski definition) is 1. The summed E-state index contributed by atoms with van der Waals surface area (Å²) in [5, 5.41) is 19.2. The standard InChI is InChI=1S/C20H22N4O4S2/c1-4-10-24-17(25)15(29-20(24)21-19-23-22-16(5-2)30-19)11-13-8-6-7-9-14(13)28-12(3)18(26)27/h6-9,11-12H,4-5,10H2,1-3H3,(H,26,27)/b15-11+,21-20+. The molecular weight excluding hydrogens is 424 g/mol.